The van der Waals surface area contributed by atoms with Gasteiger partial charge < -0.3 is 21.5 Å². The van der Waals surface area contributed by atoms with Crippen molar-refractivity contribution in [3.05, 3.63) is 41.0 Å². The zero-order valence-electron chi connectivity index (χ0n) is 15.7. The van der Waals surface area contributed by atoms with Crippen LogP contribution in [-0.4, -0.2) is 16.5 Å². The lowest BCUT2D eigenvalue weighted by atomic mass is 9.95. The fourth-order valence-corrected chi connectivity index (χ4v) is 2.89. The van der Waals surface area contributed by atoms with Gasteiger partial charge in [0.15, 0.2) is 6.19 Å². The third-order valence-electron chi connectivity index (χ3n) is 3.98. The lowest BCUT2D eigenvalue weighted by molar-refractivity contribution is 0.131. The summed E-state index contributed by atoms with van der Waals surface area (Å²) >= 11 is 0. The summed E-state index contributed by atoms with van der Waals surface area (Å²) in [5.41, 5.74) is 13.4. The smallest absolute Gasteiger partial charge is 0.211 e. The van der Waals surface area contributed by atoms with Gasteiger partial charge in [-0.15, -0.1) is 0 Å². The second kappa shape index (κ2) is 6.97. The Kier molecular flexibility index (Phi) is 4.68. The highest BCUT2D eigenvalue weighted by atomic mass is 16.5. The summed E-state index contributed by atoms with van der Waals surface area (Å²) in [6.07, 6.45) is 1.82. The molecule has 6 N–H and O–H groups in total. The lowest BCUT2D eigenvalue weighted by Crippen LogP contribution is -2.32. The molecule has 0 amide bonds. The number of guanidine groups is 1. The minimum atomic E-state index is -0.573. The Morgan fingerprint density at radius 1 is 1.18 bits per heavy atom. The number of pyridine rings is 1. The van der Waals surface area contributed by atoms with Crippen molar-refractivity contribution in [3.8, 4) is 18.0 Å². The fourth-order valence-electron chi connectivity index (χ4n) is 2.89. The Hall–Kier alpha value is -3.98. The number of aromatic nitrogens is 1. The zero-order valence-corrected chi connectivity index (χ0v) is 15.7. The normalized spacial score (nSPS) is 15.3. The van der Waals surface area contributed by atoms with E-state index in [0.717, 1.165) is 5.56 Å². The number of hydrogen-bond acceptors (Lipinski definition) is 9. The van der Waals surface area contributed by atoms with E-state index in [4.69, 9.17) is 21.5 Å². The molecule has 28 heavy (non-hydrogen) atoms. The number of ether oxygens (including phenoxy) is 1. The number of nitrogen functional groups attached to an aromatic ring is 2. The van der Waals surface area contributed by atoms with E-state index in [-0.39, 0.29) is 28.6 Å². The summed E-state index contributed by atoms with van der Waals surface area (Å²) in [6.45, 7) is 5.90. The monoisotopic (exact) mass is 376 g/mol. The molecule has 0 spiro atoms. The predicted octanol–water partition coefficient (Wildman–Crippen LogP) is 2.24. The van der Waals surface area contributed by atoms with Gasteiger partial charge >= 0.3 is 0 Å². The highest BCUT2D eigenvalue weighted by molar-refractivity contribution is 5.98. The third kappa shape index (κ3) is 3.60. The van der Waals surface area contributed by atoms with E-state index in [2.05, 4.69) is 20.6 Å². The van der Waals surface area contributed by atoms with Gasteiger partial charge in [0.1, 0.15) is 40.7 Å². The van der Waals surface area contributed by atoms with Crippen molar-refractivity contribution in [2.45, 2.75) is 32.4 Å². The highest BCUT2D eigenvalue weighted by Crippen LogP contribution is 2.40. The molecule has 0 fully saturated rings. The van der Waals surface area contributed by atoms with Crippen LogP contribution in [0.25, 0.3) is 0 Å². The van der Waals surface area contributed by atoms with E-state index < -0.39 is 6.04 Å². The van der Waals surface area contributed by atoms with Crippen LogP contribution in [0.15, 0.2) is 29.3 Å². The van der Waals surface area contributed by atoms with E-state index in [9.17, 15) is 5.26 Å². The predicted molar refractivity (Wildman–Crippen MR) is 106 cm³/mol. The van der Waals surface area contributed by atoms with E-state index in [0.29, 0.717) is 17.1 Å². The van der Waals surface area contributed by atoms with Gasteiger partial charge in [0.05, 0.1) is 5.69 Å². The number of benzene rings is 1. The second-order valence-corrected chi connectivity index (χ2v) is 7.19. The molecule has 0 saturated carbocycles. The van der Waals surface area contributed by atoms with Crippen LogP contribution >= 0.6 is 0 Å². The average molecular weight is 376 g/mol. The van der Waals surface area contributed by atoms with Gasteiger partial charge in [0.25, 0.3) is 0 Å². The number of aliphatic imine (C=N–C) groups is 1. The number of hydrogen-bond donors (Lipinski definition) is 4. The highest BCUT2D eigenvalue weighted by Gasteiger charge is 2.29. The molecule has 1 aliphatic rings. The van der Waals surface area contributed by atoms with Crippen LogP contribution in [0.3, 0.4) is 0 Å². The van der Waals surface area contributed by atoms with Gasteiger partial charge in [0.2, 0.25) is 5.96 Å². The van der Waals surface area contributed by atoms with Crippen LogP contribution in [0.5, 0.6) is 5.75 Å². The molecule has 1 atom stereocenters. The van der Waals surface area contributed by atoms with E-state index in [1.165, 1.54) is 0 Å². The Balaban J connectivity index is 2.10. The molecule has 1 aromatic carbocycles. The minimum absolute atomic E-state index is 0.0112. The number of nitrogens with one attached hydrogen (secondary N) is 2. The largest absolute Gasteiger partial charge is 0.488 e. The molecular weight excluding hydrogens is 356 g/mol. The number of nitrogens with zero attached hydrogens (tertiary/aromatic N) is 4. The van der Waals surface area contributed by atoms with Crippen molar-refractivity contribution >= 4 is 23.3 Å². The van der Waals surface area contributed by atoms with Gasteiger partial charge in [0, 0.05) is 5.56 Å². The van der Waals surface area contributed by atoms with Crippen LogP contribution in [0.4, 0.5) is 17.3 Å². The summed E-state index contributed by atoms with van der Waals surface area (Å²) < 4.78 is 5.85. The van der Waals surface area contributed by atoms with Crippen molar-refractivity contribution in [2.75, 3.05) is 16.8 Å². The van der Waals surface area contributed by atoms with Crippen LogP contribution < -0.4 is 26.8 Å². The van der Waals surface area contributed by atoms with Crippen molar-refractivity contribution in [3.63, 3.8) is 0 Å². The molecule has 0 saturated heterocycles. The van der Waals surface area contributed by atoms with Crippen LogP contribution in [-0.2, 0) is 0 Å². The maximum Gasteiger partial charge on any atom is 0.211 e. The molecule has 2 heterocycles. The average Bonchev–Trinajstić information content (AvgIpc) is 2.61. The van der Waals surface area contributed by atoms with E-state index in [1.807, 2.05) is 57.3 Å². The number of nitriles is 2. The maximum atomic E-state index is 9.36. The molecular formula is C19H20N8O. The van der Waals surface area contributed by atoms with E-state index in [1.54, 1.807) is 0 Å². The number of rotatable bonds is 2. The Bertz CT molecular complexity index is 1020. The van der Waals surface area contributed by atoms with Gasteiger partial charge in [-0.25, -0.2) is 9.98 Å². The van der Waals surface area contributed by atoms with Gasteiger partial charge in [-0.2, -0.15) is 10.5 Å². The maximum absolute atomic E-state index is 9.36. The molecule has 0 aliphatic carbocycles. The quantitative estimate of drug-likeness (QED) is 0.459. The summed E-state index contributed by atoms with van der Waals surface area (Å²) in [7, 11) is 0. The number of fused-ring (bicyclic) bond motifs is 1. The topological polar surface area (TPSA) is 158 Å². The van der Waals surface area contributed by atoms with Crippen molar-refractivity contribution in [2.24, 2.45) is 4.99 Å². The molecule has 2 aromatic rings. The standard InChI is InChI=1S/C19H20N8O/c1-19(2,3)28-11-6-4-10(5-7-11)15-13-14(22)12(8-20)16(23)26-17(13)27-18(25-15)24-9-21/h4-7,15H,1-3H3,(H6,22,23,24,25,26,27). The molecule has 1 aliphatic heterocycles. The molecule has 142 valence electrons. The molecule has 1 unspecified atom stereocenters. The van der Waals surface area contributed by atoms with Crippen LogP contribution in [0.2, 0.25) is 0 Å². The fraction of sp³-hybridized carbons (Fsp3) is 0.263. The summed E-state index contributed by atoms with van der Waals surface area (Å²) in [6, 6.07) is 8.79. The second-order valence-electron chi connectivity index (χ2n) is 7.19. The van der Waals surface area contributed by atoms with Crippen molar-refractivity contribution < 1.29 is 4.74 Å². The molecule has 0 radical (unpaired) electrons. The lowest BCUT2D eigenvalue weighted by Gasteiger charge is -2.26. The number of nitrogens with two attached hydrogens (primary N) is 2. The first-order chi connectivity index (χ1) is 13.2. The molecule has 9 nitrogen and oxygen atoms in total. The van der Waals surface area contributed by atoms with Crippen molar-refractivity contribution in [1.82, 2.24) is 10.3 Å². The minimum Gasteiger partial charge on any atom is -0.488 e. The Labute approximate surface area is 162 Å². The zero-order chi connectivity index (χ0) is 20.5. The first-order valence-corrected chi connectivity index (χ1v) is 8.51. The molecule has 9 heteroatoms. The van der Waals surface area contributed by atoms with E-state index >= 15 is 0 Å². The first kappa shape index (κ1) is 18.8. The summed E-state index contributed by atoms with van der Waals surface area (Å²) in [5, 5.41) is 23.7. The molecule has 1 aromatic heterocycles. The summed E-state index contributed by atoms with van der Waals surface area (Å²) in [4.78, 5) is 8.74. The Morgan fingerprint density at radius 2 is 1.86 bits per heavy atom. The molecule has 3 rings (SSSR count). The van der Waals surface area contributed by atoms with Gasteiger partial charge in [-0.1, -0.05) is 12.1 Å². The Morgan fingerprint density at radius 3 is 2.43 bits per heavy atom. The first-order valence-electron chi connectivity index (χ1n) is 8.51. The van der Waals surface area contributed by atoms with Crippen LogP contribution in [0.1, 0.15) is 43.5 Å². The van der Waals surface area contributed by atoms with Crippen molar-refractivity contribution in [1.29, 1.82) is 10.5 Å². The molecule has 0 bridgehead atoms. The van der Waals surface area contributed by atoms with Gasteiger partial charge in [-0.05, 0) is 38.5 Å². The summed E-state index contributed by atoms with van der Waals surface area (Å²) in [5.74, 6) is 1.29. The van der Waals surface area contributed by atoms with Gasteiger partial charge in [-0.3, -0.25) is 5.32 Å². The van der Waals surface area contributed by atoms with Crippen LogP contribution in [0, 0.1) is 22.8 Å². The number of anilines is 3. The third-order valence-corrected chi connectivity index (χ3v) is 3.98. The SMILES string of the molecule is CC(C)(C)Oc1ccc(C2N=C(NC#N)Nc3nc(N)c(C#N)c(N)c32)cc1.